The van der Waals surface area contributed by atoms with Gasteiger partial charge in [-0.15, -0.1) is 0 Å². The molecule has 24 heavy (non-hydrogen) atoms. The fourth-order valence-electron chi connectivity index (χ4n) is 2.62. The summed E-state index contributed by atoms with van der Waals surface area (Å²) < 4.78 is 16.6. The third-order valence-corrected chi connectivity index (χ3v) is 4.81. The third-order valence-electron chi connectivity index (χ3n) is 4.81. The highest BCUT2D eigenvalue weighted by molar-refractivity contribution is 6.55. The van der Waals surface area contributed by atoms with Crippen LogP contribution in [0.15, 0.2) is 23.7 Å². The van der Waals surface area contributed by atoms with E-state index in [1.165, 1.54) is 0 Å². The van der Waals surface area contributed by atoms with Crippen molar-refractivity contribution >= 4 is 25.1 Å². The van der Waals surface area contributed by atoms with Crippen molar-refractivity contribution in [3.8, 4) is 0 Å². The van der Waals surface area contributed by atoms with E-state index in [2.05, 4.69) is 4.74 Å². The summed E-state index contributed by atoms with van der Waals surface area (Å²) in [5.41, 5.74) is 6.98. The number of cyclic esters (lactones) is 2. The molecule has 0 amide bonds. The quantitative estimate of drug-likeness (QED) is 0.518. The number of carbonyl (C=O) groups excluding carboxylic acids is 2. The van der Waals surface area contributed by atoms with E-state index in [9.17, 15) is 9.59 Å². The number of hydrogen-bond acceptors (Lipinski definition) is 6. The van der Waals surface area contributed by atoms with E-state index in [1.807, 2.05) is 33.8 Å². The van der Waals surface area contributed by atoms with Gasteiger partial charge in [-0.2, -0.15) is 0 Å². The number of fused-ring (bicyclic) bond motifs is 1. The molecule has 3 rings (SSSR count). The molecule has 1 saturated heterocycles. The van der Waals surface area contributed by atoms with Crippen LogP contribution in [0, 0.1) is 0 Å². The fraction of sp³-hybridized carbons (Fsp3) is 0.412. The zero-order valence-electron chi connectivity index (χ0n) is 14.2. The zero-order valence-corrected chi connectivity index (χ0v) is 14.2. The number of ether oxygens (including phenoxy) is 1. The highest BCUT2D eigenvalue weighted by Gasteiger charge is 2.52. The van der Waals surface area contributed by atoms with Gasteiger partial charge in [0.25, 0.3) is 0 Å². The van der Waals surface area contributed by atoms with E-state index in [-0.39, 0.29) is 17.7 Å². The lowest BCUT2D eigenvalue weighted by Gasteiger charge is -2.32. The van der Waals surface area contributed by atoms with Gasteiger partial charge in [0.1, 0.15) is 0 Å². The Morgan fingerprint density at radius 3 is 2.25 bits per heavy atom. The molecule has 0 aromatic heterocycles. The molecule has 0 aliphatic carbocycles. The Kier molecular flexibility index (Phi) is 3.90. The lowest BCUT2D eigenvalue weighted by molar-refractivity contribution is 0.00578. The minimum absolute atomic E-state index is 0.247. The van der Waals surface area contributed by atoms with Gasteiger partial charge in [0.15, 0.2) is 0 Å². The van der Waals surface area contributed by atoms with Gasteiger partial charge in [-0.3, -0.25) is 0 Å². The number of carbonyl (C=O) groups is 2. The molecule has 2 aliphatic rings. The van der Waals surface area contributed by atoms with E-state index >= 15 is 0 Å². The highest BCUT2D eigenvalue weighted by atomic mass is 16.7. The minimum atomic E-state index is -0.629. The highest BCUT2D eigenvalue weighted by Crippen LogP contribution is 2.38. The molecule has 0 atom stereocenters. The van der Waals surface area contributed by atoms with Gasteiger partial charge in [-0.25, -0.2) is 9.59 Å². The Morgan fingerprint density at radius 1 is 1.08 bits per heavy atom. The second kappa shape index (κ2) is 5.55. The summed E-state index contributed by atoms with van der Waals surface area (Å²) in [5.74, 6) is -1.24. The van der Waals surface area contributed by atoms with Gasteiger partial charge in [0.2, 0.25) is 0 Å². The predicted octanol–water partition coefficient (Wildman–Crippen LogP) is 1.97. The van der Waals surface area contributed by atoms with Crippen molar-refractivity contribution in [2.24, 2.45) is 5.73 Å². The van der Waals surface area contributed by atoms with Crippen LogP contribution in [0.4, 0.5) is 0 Å². The van der Waals surface area contributed by atoms with Crippen LogP contribution >= 0.6 is 0 Å². The van der Waals surface area contributed by atoms with E-state index in [0.717, 1.165) is 11.0 Å². The van der Waals surface area contributed by atoms with Crippen molar-refractivity contribution < 1.29 is 23.6 Å². The van der Waals surface area contributed by atoms with Crippen molar-refractivity contribution in [1.29, 1.82) is 0 Å². The van der Waals surface area contributed by atoms with Crippen LogP contribution in [0.1, 0.15) is 54.0 Å². The average Bonchev–Trinajstić information content (AvgIpc) is 2.89. The zero-order chi connectivity index (χ0) is 17.7. The molecule has 0 bridgehead atoms. The molecule has 0 radical (unpaired) electrons. The molecule has 1 fully saturated rings. The maximum atomic E-state index is 11.7. The topological polar surface area (TPSA) is 87.9 Å². The first-order valence-corrected chi connectivity index (χ1v) is 7.81. The molecule has 0 spiro atoms. The fourth-order valence-corrected chi connectivity index (χ4v) is 2.62. The Bertz CT molecular complexity index is 737. The number of rotatable bonds is 3. The van der Waals surface area contributed by atoms with Crippen LogP contribution in [-0.4, -0.2) is 36.8 Å². The molecule has 2 heterocycles. The Morgan fingerprint density at radius 2 is 1.67 bits per heavy atom. The van der Waals surface area contributed by atoms with Crippen LogP contribution in [0.25, 0.3) is 6.08 Å². The molecule has 0 saturated carbocycles. The van der Waals surface area contributed by atoms with Gasteiger partial charge in [-0.1, -0.05) is 12.1 Å². The number of nitrogens with two attached hydrogens (primary N) is 1. The first-order valence-electron chi connectivity index (χ1n) is 7.81. The Balaban J connectivity index is 1.92. The molecular formula is C17H20BNO5. The van der Waals surface area contributed by atoms with E-state index < -0.39 is 30.3 Å². The maximum Gasteiger partial charge on any atom is 0.491 e. The molecule has 1 aromatic rings. The van der Waals surface area contributed by atoms with Crippen LogP contribution in [0.5, 0.6) is 0 Å². The maximum absolute atomic E-state index is 11.7. The normalized spacial score (nSPS) is 21.9. The monoisotopic (exact) mass is 329 g/mol. The summed E-state index contributed by atoms with van der Waals surface area (Å²) in [4.78, 5) is 23.2. The summed E-state index contributed by atoms with van der Waals surface area (Å²) in [7, 11) is -0.554. The summed E-state index contributed by atoms with van der Waals surface area (Å²) in [6, 6.07) is 4.93. The molecule has 2 N–H and O–H groups in total. The van der Waals surface area contributed by atoms with Gasteiger partial charge < -0.3 is 19.8 Å². The van der Waals surface area contributed by atoms with Crippen molar-refractivity contribution in [1.82, 2.24) is 0 Å². The van der Waals surface area contributed by atoms with Crippen LogP contribution < -0.4 is 5.73 Å². The standard InChI is InChI=1S/C17H20BNO5/c1-16(2)17(3,4)24-18(23-16)11(9-19)7-10-5-6-12-13(8-10)15(21)22-14(12)20/h5-8H,9,19H2,1-4H3. The second-order valence-corrected chi connectivity index (χ2v) is 6.99. The molecule has 0 unspecified atom stereocenters. The average molecular weight is 329 g/mol. The second-order valence-electron chi connectivity index (χ2n) is 6.99. The summed E-state index contributed by atoms with van der Waals surface area (Å²) in [6.45, 7) is 8.13. The van der Waals surface area contributed by atoms with E-state index in [0.29, 0.717) is 0 Å². The molecular weight excluding hydrogens is 309 g/mol. The number of hydrogen-bond donors (Lipinski definition) is 1. The number of benzene rings is 1. The molecule has 6 nitrogen and oxygen atoms in total. The van der Waals surface area contributed by atoms with Crippen LogP contribution in [0.3, 0.4) is 0 Å². The minimum Gasteiger partial charge on any atom is -0.400 e. The summed E-state index contributed by atoms with van der Waals surface area (Å²) in [5, 5.41) is 0. The smallest absolute Gasteiger partial charge is 0.400 e. The van der Waals surface area contributed by atoms with Crippen LogP contribution in [0.2, 0.25) is 0 Å². The Labute approximate surface area is 141 Å². The van der Waals surface area contributed by atoms with Gasteiger partial charge in [0.05, 0.1) is 22.3 Å². The van der Waals surface area contributed by atoms with Crippen molar-refractivity contribution in [3.63, 3.8) is 0 Å². The molecule has 1 aromatic carbocycles. The first-order chi connectivity index (χ1) is 11.1. The van der Waals surface area contributed by atoms with E-state index in [4.69, 9.17) is 15.0 Å². The predicted molar refractivity (Wildman–Crippen MR) is 89.3 cm³/mol. The lowest BCUT2D eigenvalue weighted by atomic mass is 9.77. The molecule has 126 valence electrons. The summed E-state index contributed by atoms with van der Waals surface area (Å²) >= 11 is 0. The SMILES string of the molecule is CC1(C)OB(C(=Cc2ccc3c(c2)C(=O)OC3=O)CN)OC1(C)C. The third kappa shape index (κ3) is 2.68. The Hall–Kier alpha value is -1.96. The van der Waals surface area contributed by atoms with Crippen molar-refractivity contribution in [2.75, 3.05) is 6.54 Å². The number of esters is 2. The molecule has 2 aliphatic heterocycles. The molecule has 7 heteroatoms. The van der Waals surface area contributed by atoms with Gasteiger partial charge in [-0.05, 0) is 50.9 Å². The summed E-state index contributed by atoms with van der Waals surface area (Å²) in [6.07, 6.45) is 1.82. The largest absolute Gasteiger partial charge is 0.491 e. The first kappa shape index (κ1) is 16.9. The van der Waals surface area contributed by atoms with Crippen LogP contribution in [-0.2, 0) is 14.0 Å². The van der Waals surface area contributed by atoms with Gasteiger partial charge >= 0.3 is 19.1 Å². The van der Waals surface area contributed by atoms with Crippen molar-refractivity contribution in [3.05, 3.63) is 40.4 Å². The van der Waals surface area contributed by atoms with Crippen molar-refractivity contribution in [2.45, 2.75) is 38.9 Å². The lowest BCUT2D eigenvalue weighted by Crippen LogP contribution is -2.41. The van der Waals surface area contributed by atoms with Gasteiger partial charge in [0, 0.05) is 6.54 Å². The van der Waals surface area contributed by atoms with E-state index in [1.54, 1.807) is 18.2 Å².